The number of nitrogens with two attached hydrogens (primary N) is 1. The molecule has 1 saturated carbocycles. The minimum atomic E-state index is -0.420. The zero-order valence-corrected chi connectivity index (χ0v) is 17.1. The van der Waals surface area contributed by atoms with Crippen molar-refractivity contribution < 1.29 is 14.3 Å². The maximum Gasteiger partial charge on any atom is 0.415 e. The lowest BCUT2D eigenvalue weighted by atomic mass is 10.1. The number of cyclic esters (lactones) is 1. The van der Waals surface area contributed by atoms with Gasteiger partial charge >= 0.3 is 6.09 Å². The largest absolute Gasteiger partial charge is 0.447 e. The van der Waals surface area contributed by atoms with E-state index in [9.17, 15) is 9.59 Å². The van der Waals surface area contributed by atoms with E-state index in [2.05, 4.69) is 4.98 Å². The summed E-state index contributed by atoms with van der Waals surface area (Å²) >= 11 is 0. The van der Waals surface area contributed by atoms with Crippen molar-refractivity contribution in [1.29, 1.82) is 0 Å². The van der Waals surface area contributed by atoms with Crippen molar-refractivity contribution in [3.8, 4) is 0 Å². The first-order valence-electron chi connectivity index (χ1n) is 9.54. The molecule has 1 atom stereocenters. The van der Waals surface area contributed by atoms with Gasteiger partial charge in [-0.15, -0.1) is 0 Å². The van der Waals surface area contributed by atoms with Crippen LogP contribution in [0.2, 0.25) is 0 Å². The summed E-state index contributed by atoms with van der Waals surface area (Å²) < 4.78 is 5.09. The van der Waals surface area contributed by atoms with E-state index in [0.29, 0.717) is 42.8 Å². The van der Waals surface area contributed by atoms with Crippen LogP contribution in [0.1, 0.15) is 53.0 Å². The quantitative estimate of drug-likeness (QED) is 0.826. The van der Waals surface area contributed by atoms with Crippen LogP contribution in [-0.4, -0.2) is 34.6 Å². The lowest BCUT2D eigenvalue weighted by Gasteiger charge is -2.20. The summed E-state index contributed by atoms with van der Waals surface area (Å²) in [5, 5.41) is 0. The first-order valence-corrected chi connectivity index (χ1v) is 9.54. The number of carbonyl (C=O) groups is 2. The average molecular weight is 414 g/mol. The fraction of sp³-hybridized carbons (Fsp3) is 0.400. The van der Waals surface area contributed by atoms with Gasteiger partial charge in [0.2, 0.25) is 0 Å². The number of fused-ring (bicyclic) bond motifs is 1. The molecule has 2 N–H and O–H groups in total. The predicted molar refractivity (Wildman–Crippen MR) is 113 cm³/mol. The Kier molecular flexibility index (Phi) is 4.95. The molecule has 2 aromatic heterocycles. The molecule has 1 aliphatic carbocycles. The van der Waals surface area contributed by atoms with Gasteiger partial charge in [0, 0.05) is 29.3 Å². The molecule has 3 aliphatic rings. The molecule has 0 aromatic carbocycles. The highest BCUT2D eigenvalue weighted by atomic mass is 32.1. The highest BCUT2D eigenvalue weighted by Gasteiger charge is 2.36. The van der Waals surface area contributed by atoms with E-state index in [1.165, 1.54) is 4.90 Å². The molecular weight excluding hydrogens is 390 g/mol. The lowest BCUT2D eigenvalue weighted by Crippen LogP contribution is -2.32. The number of pyridine rings is 2. The number of nitrogens with zero attached hydrogens (tertiary/aromatic N) is 4. The first-order chi connectivity index (χ1) is 13.6. The molecular formula is C20H23N5O3S. The van der Waals surface area contributed by atoms with Crippen LogP contribution in [-0.2, 0) is 17.8 Å². The van der Waals surface area contributed by atoms with Gasteiger partial charge in [-0.3, -0.25) is 19.6 Å². The molecule has 2 aliphatic heterocycles. The molecule has 0 radical (unpaired) electrons. The number of anilines is 2. The smallest absolute Gasteiger partial charge is 0.415 e. The number of carbonyl (C=O) groups excluding carboxylic acids is 2. The van der Waals surface area contributed by atoms with Gasteiger partial charge in [-0.1, -0.05) is 6.07 Å². The molecule has 2 fully saturated rings. The predicted octanol–water partition coefficient (Wildman–Crippen LogP) is 2.43. The van der Waals surface area contributed by atoms with Crippen LogP contribution in [0, 0.1) is 0 Å². The zero-order valence-electron chi connectivity index (χ0n) is 16.1. The summed E-state index contributed by atoms with van der Waals surface area (Å²) in [6.45, 7) is 2.91. The number of amides is 2. The van der Waals surface area contributed by atoms with Crippen molar-refractivity contribution in [1.82, 2.24) is 9.97 Å². The van der Waals surface area contributed by atoms with Gasteiger partial charge in [-0.2, -0.15) is 13.5 Å². The third-order valence-electron chi connectivity index (χ3n) is 5.54. The Morgan fingerprint density at radius 3 is 2.62 bits per heavy atom. The van der Waals surface area contributed by atoms with Crippen LogP contribution < -0.4 is 15.5 Å². The molecule has 29 heavy (non-hydrogen) atoms. The monoisotopic (exact) mass is 413 g/mol. The van der Waals surface area contributed by atoms with Crippen LogP contribution in [0.15, 0.2) is 24.3 Å². The number of hydrogen-bond donors (Lipinski definition) is 1. The number of aromatic nitrogens is 2. The maximum atomic E-state index is 13.1. The van der Waals surface area contributed by atoms with Crippen molar-refractivity contribution in [2.45, 2.75) is 44.8 Å². The molecule has 2 amide bonds. The second-order valence-corrected chi connectivity index (χ2v) is 7.54. The van der Waals surface area contributed by atoms with Crippen molar-refractivity contribution in [3.63, 3.8) is 0 Å². The molecule has 0 bridgehead atoms. The third-order valence-corrected chi connectivity index (χ3v) is 5.54. The van der Waals surface area contributed by atoms with Crippen molar-refractivity contribution in [3.05, 3.63) is 46.8 Å². The molecule has 5 rings (SSSR count). The Labute approximate surface area is 175 Å². The van der Waals surface area contributed by atoms with Crippen LogP contribution in [0.4, 0.5) is 16.4 Å². The van der Waals surface area contributed by atoms with Gasteiger partial charge in [-0.25, -0.2) is 9.78 Å². The van der Waals surface area contributed by atoms with Crippen LogP contribution in [0.5, 0.6) is 0 Å². The maximum absolute atomic E-state index is 13.1. The van der Waals surface area contributed by atoms with E-state index >= 15 is 0 Å². The number of ether oxygens (including phenoxy) is 1. The van der Waals surface area contributed by atoms with Crippen molar-refractivity contribution >= 4 is 37.1 Å². The second kappa shape index (κ2) is 7.31. The molecule has 0 spiro atoms. The fourth-order valence-corrected chi connectivity index (χ4v) is 3.86. The summed E-state index contributed by atoms with van der Waals surface area (Å²) in [4.78, 5) is 37.5. The van der Waals surface area contributed by atoms with Crippen LogP contribution in [0.25, 0.3) is 0 Å². The van der Waals surface area contributed by atoms with Gasteiger partial charge in [0.1, 0.15) is 18.2 Å². The molecule has 152 valence electrons. The topological polar surface area (TPSA) is 102 Å². The molecule has 4 heterocycles. The molecule has 8 nitrogen and oxygen atoms in total. The van der Waals surface area contributed by atoms with Gasteiger partial charge in [0.05, 0.1) is 18.3 Å². The van der Waals surface area contributed by atoms with E-state index in [0.717, 1.165) is 29.8 Å². The highest BCUT2D eigenvalue weighted by molar-refractivity contribution is 7.59. The molecule has 9 heteroatoms. The number of rotatable bonds is 4. The Morgan fingerprint density at radius 2 is 1.97 bits per heavy atom. The summed E-state index contributed by atoms with van der Waals surface area (Å²) in [7, 11) is 0. The molecule has 0 unspecified atom stereocenters. The summed E-state index contributed by atoms with van der Waals surface area (Å²) in [5.74, 6) is 1.32. The van der Waals surface area contributed by atoms with E-state index < -0.39 is 6.09 Å². The second-order valence-electron chi connectivity index (χ2n) is 7.54. The molecule has 1 saturated heterocycles. The van der Waals surface area contributed by atoms with Crippen molar-refractivity contribution in [2.75, 3.05) is 16.4 Å². The summed E-state index contributed by atoms with van der Waals surface area (Å²) in [6, 6.07) is 7.13. The minimum absolute atomic E-state index is 0. The fourth-order valence-electron chi connectivity index (χ4n) is 3.86. The Bertz CT molecular complexity index is 994. The van der Waals surface area contributed by atoms with Crippen LogP contribution in [0.3, 0.4) is 0 Å². The van der Waals surface area contributed by atoms with E-state index in [-0.39, 0.29) is 25.4 Å². The van der Waals surface area contributed by atoms with Crippen molar-refractivity contribution in [2.24, 2.45) is 5.73 Å². The summed E-state index contributed by atoms with van der Waals surface area (Å²) in [5.41, 5.74) is 9.20. The SMILES string of the molecule is C[C@H]1COC(=O)N1c1cccc(N2Cc3c(cc(C4CC4)nc3CN)C2=O)n1.S. The Hall–Kier alpha value is -2.65. The van der Waals surface area contributed by atoms with E-state index in [4.69, 9.17) is 15.5 Å². The van der Waals surface area contributed by atoms with E-state index in [1.807, 2.05) is 13.0 Å². The number of hydrogen-bond acceptors (Lipinski definition) is 6. The molecule has 2 aromatic rings. The van der Waals surface area contributed by atoms with Gasteiger partial charge in [-0.05, 0) is 38.0 Å². The van der Waals surface area contributed by atoms with Gasteiger partial charge < -0.3 is 10.5 Å². The van der Waals surface area contributed by atoms with Gasteiger partial charge in [0.15, 0.2) is 0 Å². The third kappa shape index (κ3) is 3.24. The minimum Gasteiger partial charge on any atom is -0.447 e. The first kappa shape index (κ1) is 19.7. The summed E-state index contributed by atoms with van der Waals surface area (Å²) in [6.07, 6.45) is 1.81. The van der Waals surface area contributed by atoms with E-state index in [1.54, 1.807) is 23.1 Å². The Morgan fingerprint density at radius 1 is 1.21 bits per heavy atom. The normalized spacial score (nSPS) is 20.6. The van der Waals surface area contributed by atoms with Gasteiger partial charge in [0.25, 0.3) is 5.91 Å². The Balaban J connectivity index is 0.00000205. The highest BCUT2D eigenvalue weighted by Crippen LogP contribution is 2.41. The van der Waals surface area contributed by atoms with Crippen LogP contribution >= 0.6 is 13.5 Å². The lowest BCUT2D eigenvalue weighted by molar-refractivity contribution is 0.0995. The zero-order chi connectivity index (χ0) is 19.4. The standard InChI is InChI=1S/C20H21N5O3.H2S/c1-11-10-28-20(27)25(11)18-4-2-3-17(23-18)24-9-14-13(19(24)26)7-15(12-5-6-12)22-16(14)8-21;/h2-4,7,11-12H,5-6,8-10,21H2,1H3;1H2/t11-;/m0./s1. The average Bonchev–Trinajstić information content (AvgIpc) is 3.43.